The summed E-state index contributed by atoms with van der Waals surface area (Å²) in [7, 11) is 0. The van der Waals surface area contributed by atoms with Crippen molar-refractivity contribution in [1.82, 2.24) is 9.97 Å². The van der Waals surface area contributed by atoms with Crippen molar-refractivity contribution >= 4 is 28.9 Å². The van der Waals surface area contributed by atoms with Crippen molar-refractivity contribution < 1.29 is 14.3 Å². The topological polar surface area (TPSA) is 61.3 Å². The van der Waals surface area contributed by atoms with E-state index in [4.69, 9.17) is 21.1 Å². The molecule has 0 radical (unpaired) electrons. The number of nitrogens with zero attached hydrogens (tertiary/aromatic N) is 2. The quantitative estimate of drug-likeness (QED) is 0.661. The van der Waals surface area contributed by atoms with Crippen LogP contribution in [0.1, 0.15) is 6.92 Å². The number of carbonyl (C=O) groups is 1. The largest absolute Gasteiger partial charge is 0.483 e. The summed E-state index contributed by atoms with van der Waals surface area (Å²) in [6, 6.07) is 12.2. The third kappa shape index (κ3) is 3.76. The van der Waals surface area contributed by atoms with Crippen LogP contribution in [0.2, 0.25) is 5.02 Å². The van der Waals surface area contributed by atoms with Crippen molar-refractivity contribution in [1.29, 1.82) is 0 Å². The summed E-state index contributed by atoms with van der Waals surface area (Å²) in [5.41, 5.74) is 1.41. The van der Waals surface area contributed by atoms with Gasteiger partial charge in [0, 0.05) is 5.02 Å². The zero-order valence-corrected chi connectivity index (χ0v) is 13.0. The second-order valence-electron chi connectivity index (χ2n) is 4.87. The molecule has 0 fully saturated rings. The van der Waals surface area contributed by atoms with Gasteiger partial charge in [-0.1, -0.05) is 11.6 Å². The Morgan fingerprint density at radius 3 is 2.57 bits per heavy atom. The van der Waals surface area contributed by atoms with E-state index in [1.165, 1.54) is 6.20 Å². The van der Waals surface area contributed by atoms with Gasteiger partial charge in [0.1, 0.15) is 11.5 Å². The van der Waals surface area contributed by atoms with Crippen LogP contribution >= 0.6 is 11.6 Å². The first-order valence-corrected chi connectivity index (χ1v) is 7.34. The molecule has 5 nitrogen and oxygen atoms in total. The maximum Gasteiger partial charge on any atom is 0.238 e. The van der Waals surface area contributed by atoms with Gasteiger partial charge in [-0.25, -0.2) is 9.97 Å². The Bertz CT molecular complexity index is 837. The van der Waals surface area contributed by atoms with Gasteiger partial charge in [0.05, 0.1) is 17.2 Å². The zero-order valence-electron chi connectivity index (χ0n) is 12.3. The van der Waals surface area contributed by atoms with Crippen molar-refractivity contribution in [2.75, 3.05) is 0 Å². The molecule has 1 unspecified atom stereocenters. The Morgan fingerprint density at radius 1 is 1.09 bits per heavy atom. The van der Waals surface area contributed by atoms with Crippen LogP contribution in [0.15, 0.2) is 48.7 Å². The Morgan fingerprint density at radius 2 is 1.83 bits per heavy atom. The molecule has 0 aliphatic rings. The van der Waals surface area contributed by atoms with Crippen molar-refractivity contribution in [2.24, 2.45) is 0 Å². The molecule has 116 valence electrons. The van der Waals surface area contributed by atoms with Crippen LogP contribution in [0, 0.1) is 0 Å². The summed E-state index contributed by atoms with van der Waals surface area (Å²) in [6.45, 7) is 1.67. The van der Waals surface area contributed by atoms with Crippen molar-refractivity contribution in [3.8, 4) is 17.4 Å². The third-order valence-corrected chi connectivity index (χ3v) is 3.28. The van der Waals surface area contributed by atoms with E-state index >= 15 is 0 Å². The number of aromatic nitrogens is 2. The van der Waals surface area contributed by atoms with Crippen molar-refractivity contribution in [3.05, 3.63) is 53.7 Å². The van der Waals surface area contributed by atoms with Gasteiger partial charge >= 0.3 is 0 Å². The van der Waals surface area contributed by atoms with Crippen LogP contribution in [0.5, 0.6) is 17.4 Å². The third-order valence-electron chi connectivity index (χ3n) is 3.04. The first kappa shape index (κ1) is 15.2. The highest BCUT2D eigenvalue weighted by Crippen LogP contribution is 2.24. The second-order valence-corrected chi connectivity index (χ2v) is 5.31. The van der Waals surface area contributed by atoms with E-state index in [2.05, 4.69) is 9.97 Å². The fourth-order valence-electron chi connectivity index (χ4n) is 1.97. The highest BCUT2D eigenvalue weighted by molar-refractivity contribution is 6.31. The molecule has 1 heterocycles. The number of ether oxygens (including phenoxy) is 2. The summed E-state index contributed by atoms with van der Waals surface area (Å²) in [5, 5.41) is 0.612. The monoisotopic (exact) mass is 328 g/mol. The van der Waals surface area contributed by atoms with Gasteiger partial charge in [0.15, 0.2) is 12.4 Å². The summed E-state index contributed by atoms with van der Waals surface area (Å²) in [4.78, 5) is 19.2. The maximum atomic E-state index is 10.6. The number of rotatable bonds is 5. The van der Waals surface area contributed by atoms with Gasteiger partial charge in [0.2, 0.25) is 5.88 Å². The van der Waals surface area contributed by atoms with Crippen LogP contribution in [-0.2, 0) is 4.79 Å². The van der Waals surface area contributed by atoms with Crippen LogP contribution in [0.4, 0.5) is 0 Å². The molecule has 1 atom stereocenters. The molecular weight excluding hydrogens is 316 g/mol. The van der Waals surface area contributed by atoms with E-state index in [0.717, 1.165) is 6.29 Å². The van der Waals surface area contributed by atoms with E-state index < -0.39 is 6.10 Å². The van der Waals surface area contributed by atoms with Gasteiger partial charge in [-0.3, -0.25) is 4.79 Å². The Labute approximate surface area is 137 Å². The molecule has 0 saturated heterocycles. The summed E-state index contributed by atoms with van der Waals surface area (Å²) in [6.07, 6.45) is 1.79. The molecule has 23 heavy (non-hydrogen) atoms. The number of aldehydes is 1. The lowest BCUT2D eigenvalue weighted by molar-refractivity contribution is -0.113. The Kier molecular flexibility index (Phi) is 4.39. The van der Waals surface area contributed by atoms with Gasteiger partial charge in [-0.2, -0.15) is 0 Å². The first-order chi connectivity index (χ1) is 11.1. The Balaban J connectivity index is 1.76. The lowest BCUT2D eigenvalue weighted by Crippen LogP contribution is -2.12. The minimum absolute atomic E-state index is 0.384. The molecule has 2 aromatic carbocycles. The van der Waals surface area contributed by atoms with Crippen molar-refractivity contribution in [2.45, 2.75) is 13.0 Å². The summed E-state index contributed by atoms with van der Waals surface area (Å²) >= 11 is 5.92. The fraction of sp³-hybridized carbons (Fsp3) is 0.118. The normalized spacial score (nSPS) is 11.9. The molecule has 0 aliphatic carbocycles. The molecule has 3 aromatic rings. The molecule has 0 aliphatic heterocycles. The number of hydrogen-bond donors (Lipinski definition) is 0. The predicted octanol–water partition coefficient (Wildman–Crippen LogP) is 4.04. The molecule has 3 rings (SSSR count). The SMILES string of the molecule is CC(C=O)Oc1ccc(Oc2cnc3cc(Cl)ccc3n2)cc1. The molecule has 0 saturated carbocycles. The van der Waals surface area contributed by atoms with E-state index in [1.807, 2.05) is 0 Å². The van der Waals surface area contributed by atoms with Crippen LogP contribution in [-0.4, -0.2) is 22.4 Å². The number of carbonyl (C=O) groups excluding carboxylic acids is 1. The lowest BCUT2D eigenvalue weighted by atomic mass is 10.3. The van der Waals surface area contributed by atoms with E-state index in [1.54, 1.807) is 49.4 Å². The molecule has 1 aromatic heterocycles. The standard InChI is InChI=1S/C17H13ClN2O3/c1-11(10-21)22-13-3-5-14(6-4-13)23-17-9-19-16-8-12(18)2-7-15(16)20-17/h2-11H,1H3. The molecule has 0 amide bonds. The molecule has 0 bridgehead atoms. The molecule has 0 spiro atoms. The maximum absolute atomic E-state index is 10.6. The first-order valence-electron chi connectivity index (χ1n) is 6.96. The highest BCUT2D eigenvalue weighted by Gasteiger charge is 2.05. The van der Waals surface area contributed by atoms with Gasteiger partial charge in [0.25, 0.3) is 0 Å². The number of fused-ring (bicyclic) bond motifs is 1. The van der Waals surface area contributed by atoms with E-state index in [-0.39, 0.29) is 0 Å². The van der Waals surface area contributed by atoms with Crippen molar-refractivity contribution in [3.63, 3.8) is 0 Å². The average molecular weight is 329 g/mol. The van der Waals surface area contributed by atoms with Crippen LogP contribution in [0.3, 0.4) is 0 Å². The minimum atomic E-state index is -0.486. The minimum Gasteiger partial charge on any atom is -0.483 e. The molecule has 6 heteroatoms. The highest BCUT2D eigenvalue weighted by atomic mass is 35.5. The lowest BCUT2D eigenvalue weighted by Gasteiger charge is -2.09. The Hall–Kier alpha value is -2.66. The summed E-state index contributed by atoms with van der Waals surface area (Å²) in [5.74, 6) is 1.57. The van der Waals surface area contributed by atoms with E-state index in [0.29, 0.717) is 33.4 Å². The van der Waals surface area contributed by atoms with E-state index in [9.17, 15) is 4.79 Å². The van der Waals surface area contributed by atoms with Gasteiger partial charge < -0.3 is 9.47 Å². The molecular formula is C17H13ClN2O3. The van der Waals surface area contributed by atoms with Gasteiger partial charge in [-0.15, -0.1) is 0 Å². The smallest absolute Gasteiger partial charge is 0.238 e. The van der Waals surface area contributed by atoms with Crippen LogP contribution in [0.25, 0.3) is 11.0 Å². The average Bonchev–Trinajstić information content (AvgIpc) is 2.56. The predicted molar refractivity (Wildman–Crippen MR) is 87.2 cm³/mol. The number of benzene rings is 2. The molecule has 0 N–H and O–H groups in total. The fourth-order valence-corrected chi connectivity index (χ4v) is 2.13. The second kappa shape index (κ2) is 6.62. The van der Waals surface area contributed by atoms with Crippen LogP contribution < -0.4 is 9.47 Å². The summed E-state index contributed by atoms with van der Waals surface area (Å²) < 4.78 is 11.0. The zero-order chi connectivity index (χ0) is 16.2. The van der Waals surface area contributed by atoms with Gasteiger partial charge in [-0.05, 0) is 49.4 Å². The number of halogens is 1. The number of hydrogen-bond acceptors (Lipinski definition) is 5.